The van der Waals surface area contributed by atoms with E-state index in [0.717, 1.165) is 59.1 Å². The summed E-state index contributed by atoms with van der Waals surface area (Å²) < 4.78 is 8.44. The number of hydrogen-bond acceptors (Lipinski definition) is 5. The van der Waals surface area contributed by atoms with Crippen LogP contribution in [-0.2, 0) is 0 Å². The van der Waals surface area contributed by atoms with E-state index in [0.29, 0.717) is 0 Å². The van der Waals surface area contributed by atoms with Crippen LogP contribution in [0.15, 0.2) is 40.5 Å². The first-order chi connectivity index (χ1) is 13.6. The average Bonchev–Trinajstić information content (AvgIpc) is 3.38. The standard InChI is InChI=1S/C22H27N3O2S/c1-15(2)25-22(26)19-10-13-28-21(19)20(24-25)17-5-7-18(8-6-17)27-12-3-4-16-9-11-23-14-16/h5-8,10,13,15-16,23H,3-4,9,11-12,14H2,1-2H3. The first-order valence-corrected chi connectivity index (χ1v) is 11.0. The molecule has 148 valence electrons. The van der Waals surface area contributed by atoms with Crippen molar-refractivity contribution < 1.29 is 4.74 Å². The fourth-order valence-corrected chi connectivity index (χ4v) is 4.65. The van der Waals surface area contributed by atoms with Crippen LogP contribution in [0, 0.1) is 5.92 Å². The Kier molecular flexibility index (Phi) is 5.78. The molecule has 0 spiro atoms. The van der Waals surface area contributed by atoms with Crippen molar-refractivity contribution in [2.45, 2.75) is 39.2 Å². The number of thiophene rings is 1. The number of fused-ring (bicyclic) bond motifs is 1. The van der Waals surface area contributed by atoms with E-state index in [2.05, 4.69) is 10.4 Å². The van der Waals surface area contributed by atoms with E-state index in [9.17, 15) is 4.79 Å². The molecule has 3 aromatic rings. The lowest BCUT2D eigenvalue weighted by atomic mass is 10.0. The second-order valence-corrected chi connectivity index (χ2v) is 8.65. The average molecular weight is 398 g/mol. The summed E-state index contributed by atoms with van der Waals surface area (Å²) in [5.41, 5.74) is 1.84. The van der Waals surface area contributed by atoms with Gasteiger partial charge in [-0.2, -0.15) is 5.10 Å². The molecule has 0 amide bonds. The molecule has 5 nitrogen and oxygen atoms in total. The van der Waals surface area contributed by atoms with E-state index < -0.39 is 0 Å². The molecular weight excluding hydrogens is 370 g/mol. The summed E-state index contributed by atoms with van der Waals surface area (Å²) in [5, 5.41) is 10.8. The first-order valence-electron chi connectivity index (χ1n) is 10.1. The van der Waals surface area contributed by atoms with Gasteiger partial charge in [-0.05, 0) is 87.8 Å². The van der Waals surface area contributed by atoms with Crippen molar-refractivity contribution in [3.63, 3.8) is 0 Å². The minimum absolute atomic E-state index is 0.0209. The summed E-state index contributed by atoms with van der Waals surface area (Å²) in [6, 6.07) is 9.98. The molecule has 1 saturated heterocycles. The molecule has 0 radical (unpaired) electrons. The lowest BCUT2D eigenvalue weighted by Gasteiger charge is -2.12. The highest BCUT2D eigenvalue weighted by Gasteiger charge is 2.16. The first kappa shape index (κ1) is 19.2. The van der Waals surface area contributed by atoms with Gasteiger partial charge in [0.2, 0.25) is 0 Å². The number of benzene rings is 1. The molecule has 6 heteroatoms. The molecule has 1 atom stereocenters. The fourth-order valence-electron chi connectivity index (χ4n) is 3.75. The van der Waals surface area contributed by atoms with Crippen LogP contribution in [0.5, 0.6) is 5.75 Å². The molecule has 1 aliphatic heterocycles. The van der Waals surface area contributed by atoms with Crippen LogP contribution in [0.2, 0.25) is 0 Å². The number of nitrogens with zero attached hydrogens (tertiary/aromatic N) is 2. The van der Waals surface area contributed by atoms with Crippen molar-refractivity contribution in [2.24, 2.45) is 5.92 Å². The molecule has 28 heavy (non-hydrogen) atoms. The zero-order chi connectivity index (χ0) is 19.5. The van der Waals surface area contributed by atoms with Gasteiger partial charge in [-0.25, -0.2) is 4.68 Å². The molecule has 1 unspecified atom stereocenters. The van der Waals surface area contributed by atoms with Gasteiger partial charge < -0.3 is 10.1 Å². The highest BCUT2D eigenvalue weighted by atomic mass is 32.1. The van der Waals surface area contributed by atoms with Crippen molar-refractivity contribution in [1.29, 1.82) is 0 Å². The van der Waals surface area contributed by atoms with Gasteiger partial charge in [0.1, 0.15) is 11.4 Å². The van der Waals surface area contributed by atoms with Crippen molar-refractivity contribution in [2.75, 3.05) is 19.7 Å². The Labute approximate surface area is 169 Å². The van der Waals surface area contributed by atoms with E-state index in [1.165, 1.54) is 12.8 Å². The zero-order valence-electron chi connectivity index (χ0n) is 16.5. The third-order valence-electron chi connectivity index (χ3n) is 5.33. The van der Waals surface area contributed by atoms with Gasteiger partial charge in [-0.15, -0.1) is 11.3 Å². The largest absolute Gasteiger partial charge is 0.494 e. The van der Waals surface area contributed by atoms with Gasteiger partial charge in [0.15, 0.2) is 0 Å². The normalized spacial score (nSPS) is 16.9. The maximum absolute atomic E-state index is 12.6. The van der Waals surface area contributed by atoms with Crippen molar-refractivity contribution in [1.82, 2.24) is 15.1 Å². The van der Waals surface area contributed by atoms with Crippen LogP contribution in [0.1, 0.15) is 39.2 Å². The number of ether oxygens (including phenoxy) is 1. The predicted octanol–water partition coefficient (Wildman–Crippen LogP) is 4.47. The minimum atomic E-state index is -0.0209. The lowest BCUT2D eigenvalue weighted by Crippen LogP contribution is -2.24. The Hall–Kier alpha value is -2.18. The second-order valence-electron chi connectivity index (χ2n) is 7.73. The van der Waals surface area contributed by atoms with Gasteiger partial charge in [0, 0.05) is 5.56 Å². The molecule has 1 fully saturated rings. The van der Waals surface area contributed by atoms with Crippen molar-refractivity contribution >= 4 is 21.4 Å². The second kappa shape index (κ2) is 8.45. The smallest absolute Gasteiger partial charge is 0.275 e. The monoisotopic (exact) mass is 397 g/mol. The molecule has 4 rings (SSSR count). The Morgan fingerprint density at radius 1 is 1.29 bits per heavy atom. The molecule has 1 N–H and O–H groups in total. The number of nitrogens with one attached hydrogen (secondary N) is 1. The predicted molar refractivity (Wildman–Crippen MR) is 115 cm³/mol. The van der Waals surface area contributed by atoms with Gasteiger partial charge in [-0.3, -0.25) is 4.79 Å². The third kappa shape index (κ3) is 3.98. The van der Waals surface area contributed by atoms with Crippen LogP contribution in [0.4, 0.5) is 0 Å². The van der Waals surface area contributed by atoms with Crippen LogP contribution >= 0.6 is 11.3 Å². The highest BCUT2D eigenvalue weighted by molar-refractivity contribution is 7.17. The van der Waals surface area contributed by atoms with E-state index >= 15 is 0 Å². The summed E-state index contributed by atoms with van der Waals surface area (Å²) >= 11 is 1.56. The van der Waals surface area contributed by atoms with Gasteiger partial charge in [0.05, 0.1) is 22.7 Å². The molecule has 2 aromatic heterocycles. The van der Waals surface area contributed by atoms with E-state index in [1.807, 2.05) is 49.6 Å². The molecule has 0 saturated carbocycles. The van der Waals surface area contributed by atoms with Crippen LogP contribution in [-0.4, -0.2) is 29.5 Å². The highest BCUT2D eigenvalue weighted by Crippen LogP contribution is 2.30. The van der Waals surface area contributed by atoms with E-state index in [4.69, 9.17) is 4.74 Å². The van der Waals surface area contributed by atoms with Gasteiger partial charge in [0.25, 0.3) is 5.56 Å². The van der Waals surface area contributed by atoms with E-state index in [1.54, 1.807) is 16.0 Å². The van der Waals surface area contributed by atoms with Gasteiger partial charge in [-0.1, -0.05) is 0 Å². The SMILES string of the molecule is CC(C)n1nc(-c2ccc(OCCCC3CCNC3)cc2)c2sccc2c1=O. The molecule has 0 bridgehead atoms. The Morgan fingerprint density at radius 2 is 2.11 bits per heavy atom. The quantitative estimate of drug-likeness (QED) is 0.598. The summed E-state index contributed by atoms with van der Waals surface area (Å²) in [4.78, 5) is 12.6. The molecule has 1 aliphatic rings. The molecule has 0 aliphatic carbocycles. The minimum Gasteiger partial charge on any atom is -0.494 e. The number of rotatable bonds is 7. The topological polar surface area (TPSA) is 56.1 Å². The molecule has 1 aromatic carbocycles. The lowest BCUT2D eigenvalue weighted by molar-refractivity contribution is 0.295. The molecule has 3 heterocycles. The van der Waals surface area contributed by atoms with Crippen molar-refractivity contribution in [3.8, 4) is 17.0 Å². The maximum Gasteiger partial charge on any atom is 0.275 e. The Bertz CT molecular complexity index is 985. The summed E-state index contributed by atoms with van der Waals surface area (Å²) in [6.45, 7) is 7.02. The summed E-state index contributed by atoms with van der Waals surface area (Å²) in [6.07, 6.45) is 3.60. The summed E-state index contributed by atoms with van der Waals surface area (Å²) in [7, 11) is 0. The zero-order valence-corrected chi connectivity index (χ0v) is 17.3. The fraction of sp³-hybridized carbons (Fsp3) is 0.455. The number of aromatic nitrogens is 2. The number of hydrogen-bond donors (Lipinski definition) is 1. The molecular formula is C22H27N3O2S. The maximum atomic E-state index is 12.6. The Balaban J connectivity index is 1.48. The van der Waals surface area contributed by atoms with Gasteiger partial charge >= 0.3 is 0 Å². The third-order valence-corrected chi connectivity index (χ3v) is 6.25. The van der Waals surface area contributed by atoms with Crippen LogP contribution in [0.25, 0.3) is 21.3 Å². The van der Waals surface area contributed by atoms with E-state index in [-0.39, 0.29) is 11.6 Å². The van der Waals surface area contributed by atoms with Crippen LogP contribution < -0.4 is 15.6 Å². The Morgan fingerprint density at radius 3 is 2.82 bits per heavy atom. The van der Waals surface area contributed by atoms with Crippen molar-refractivity contribution in [3.05, 3.63) is 46.1 Å². The van der Waals surface area contributed by atoms with Crippen LogP contribution in [0.3, 0.4) is 0 Å². The summed E-state index contributed by atoms with van der Waals surface area (Å²) in [5.74, 6) is 1.69.